The summed E-state index contributed by atoms with van der Waals surface area (Å²) in [5.74, 6) is -0.151. The van der Waals surface area contributed by atoms with Gasteiger partial charge in [-0.25, -0.2) is 19.7 Å². The fourth-order valence-corrected chi connectivity index (χ4v) is 6.20. The fraction of sp³-hybridized carbons (Fsp3) is 0.400. The number of hydrogen-bond acceptors (Lipinski definition) is 9. The molecule has 0 aliphatic carbocycles. The molecule has 1 unspecified atom stereocenters. The highest BCUT2D eigenvalue weighted by molar-refractivity contribution is 6.06. The van der Waals surface area contributed by atoms with Gasteiger partial charge in [-0.15, -0.1) is 0 Å². The normalized spacial score (nSPS) is 19.2. The first-order chi connectivity index (χ1) is 22.1. The third-order valence-electron chi connectivity index (χ3n) is 8.44. The molecule has 2 aromatic carbocycles. The van der Waals surface area contributed by atoms with Gasteiger partial charge < -0.3 is 25.4 Å². The third-order valence-corrected chi connectivity index (χ3v) is 8.44. The molecule has 0 spiro atoms. The van der Waals surface area contributed by atoms with Crippen molar-refractivity contribution in [2.24, 2.45) is 5.73 Å². The van der Waals surface area contributed by atoms with Crippen LogP contribution in [0.1, 0.15) is 55.1 Å². The van der Waals surface area contributed by atoms with Crippen LogP contribution in [-0.2, 0) is 21.6 Å². The lowest BCUT2D eigenvalue weighted by atomic mass is 9.82. The molecule has 11 nitrogen and oxygen atoms in total. The lowest BCUT2D eigenvalue weighted by molar-refractivity contribution is 0.0152. The first-order valence-corrected chi connectivity index (χ1v) is 15.8. The number of aromatic nitrogens is 3. The number of carbonyl (C=O) groups excluding carboxylic acids is 2. The summed E-state index contributed by atoms with van der Waals surface area (Å²) in [6.07, 6.45) is 2.52. The van der Waals surface area contributed by atoms with Gasteiger partial charge in [0.15, 0.2) is 5.82 Å². The number of morpholine rings is 1. The van der Waals surface area contributed by atoms with Crippen molar-refractivity contribution >= 4 is 28.9 Å². The van der Waals surface area contributed by atoms with E-state index in [1.165, 1.54) is 11.9 Å². The van der Waals surface area contributed by atoms with Crippen LogP contribution in [-0.4, -0.2) is 81.7 Å². The summed E-state index contributed by atoms with van der Waals surface area (Å²) in [4.78, 5) is 44.1. The topological polar surface area (TPSA) is 136 Å². The molecule has 2 fully saturated rings. The number of anilines is 1. The third kappa shape index (κ3) is 6.95. The van der Waals surface area contributed by atoms with Gasteiger partial charge in [0, 0.05) is 31.7 Å². The van der Waals surface area contributed by atoms with E-state index in [1.807, 2.05) is 63.2 Å². The number of carbonyl (C=O) groups is 2. The van der Waals surface area contributed by atoms with Gasteiger partial charge in [0.25, 0.3) is 5.91 Å². The minimum Gasteiger partial charge on any atom is -0.444 e. The van der Waals surface area contributed by atoms with Gasteiger partial charge in [-0.1, -0.05) is 54.6 Å². The average Bonchev–Trinajstić information content (AvgIpc) is 3.05. The van der Waals surface area contributed by atoms with E-state index in [1.54, 1.807) is 11.0 Å². The van der Waals surface area contributed by atoms with Crippen LogP contribution in [0.2, 0.25) is 0 Å². The van der Waals surface area contributed by atoms with Crippen molar-refractivity contribution in [2.75, 3.05) is 44.7 Å². The van der Waals surface area contributed by atoms with Crippen LogP contribution in [0, 0.1) is 0 Å². The number of nitrogens with one attached hydrogen (secondary N) is 1. The van der Waals surface area contributed by atoms with E-state index in [2.05, 4.69) is 32.3 Å². The summed E-state index contributed by atoms with van der Waals surface area (Å²) in [6.45, 7) is 10.7. The lowest BCUT2D eigenvalue weighted by Gasteiger charge is -2.44. The number of fused-ring (bicyclic) bond motifs is 1. The molecule has 46 heavy (non-hydrogen) atoms. The van der Waals surface area contributed by atoms with Crippen LogP contribution in [0.25, 0.3) is 22.3 Å². The second-order valence-electron chi connectivity index (χ2n) is 13.0. The quantitative estimate of drug-likeness (QED) is 0.293. The predicted molar refractivity (Wildman–Crippen MR) is 176 cm³/mol. The van der Waals surface area contributed by atoms with Gasteiger partial charge in [-0.2, -0.15) is 0 Å². The smallest absolute Gasteiger partial charge is 0.410 e. The summed E-state index contributed by atoms with van der Waals surface area (Å²) in [5, 5.41) is 3.67. The number of rotatable bonds is 7. The molecular formula is C35H41N7O4. The van der Waals surface area contributed by atoms with Gasteiger partial charge in [0.1, 0.15) is 23.0 Å². The summed E-state index contributed by atoms with van der Waals surface area (Å²) < 4.78 is 11.2. The average molecular weight is 624 g/mol. The van der Waals surface area contributed by atoms with Crippen molar-refractivity contribution < 1.29 is 19.1 Å². The van der Waals surface area contributed by atoms with Crippen LogP contribution in [0.4, 0.5) is 10.6 Å². The Hall–Kier alpha value is -4.61. The Kier molecular flexibility index (Phi) is 8.88. The van der Waals surface area contributed by atoms with Crippen molar-refractivity contribution in [3.63, 3.8) is 0 Å². The fourth-order valence-electron chi connectivity index (χ4n) is 6.20. The molecule has 0 saturated carbocycles. The molecule has 2 aliphatic heterocycles. The SMILES string of the molecule is CC(C)(C)OC(=O)N1CCCC(Nc2ncnc3c(C(N)=O)cc(-c4ccc(CN5CCOCC5)cc4)nc23)(c2ccccc2)C1. The number of nitrogens with zero attached hydrogens (tertiary/aromatic N) is 5. The van der Waals surface area contributed by atoms with Crippen molar-refractivity contribution in [2.45, 2.75) is 51.3 Å². The molecule has 4 heterocycles. The second-order valence-corrected chi connectivity index (χ2v) is 13.0. The van der Waals surface area contributed by atoms with Crippen molar-refractivity contribution in [1.29, 1.82) is 0 Å². The Balaban J connectivity index is 1.38. The summed E-state index contributed by atoms with van der Waals surface area (Å²) in [6, 6.07) is 19.9. The summed E-state index contributed by atoms with van der Waals surface area (Å²) in [5.41, 5.74) is 9.23. The minimum absolute atomic E-state index is 0.260. The van der Waals surface area contributed by atoms with Gasteiger partial charge >= 0.3 is 6.09 Å². The van der Waals surface area contributed by atoms with Crippen LogP contribution in [0.15, 0.2) is 67.0 Å². The van der Waals surface area contributed by atoms with Crippen LogP contribution < -0.4 is 11.1 Å². The molecule has 4 aromatic rings. The lowest BCUT2D eigenvalue weighted by Crippen LogP contribution is -2.53. The standard InChI is InChI=1S/C35H41N7O4/c1-34(2,3)46-33(44)42-15-7-14-35(22-42,26-8-5-4-6-9-26)40-32-30-29(37-23-38-32)27(31(36)43)20-28(39-30)25-12-10-24(11-13-25)21-41-16-18-45-19-17-41/h4-6,8-13,20,23H,7,14-19,21-22H2,1-3H3,(H2,36,43)(H,37,38,40). The van der Waals surface area contributed by atoms with Crippen LogP contribution >= 0.6 is 0 Å². The maximum Gasteiger partial charge on any atom is 0.410 e. The number of pyridine rings is 1. The first-order valence-electron chi connectivity index (χ1n) is 15.8. The molecule has 6 rings (SSSR count). The minimum atomic E-state index is -0.705. The maximum absolute atomic E-state index is 13.2. The van der Waals surface area contributed by atoms with E-state index in [9.17, 15) is 9.59 Å². The highest BCUT2D eigenvalue weighted by atomic mass is 16.6. The molecule has 1 atom stereocenters. The molecule has 2 aliphatic rings. The molecule has 2 amide bonds. The van der Waals surface area contributed by atoms with Gasteiger partial charge in [0.2, 0.25) is 0 Å². The zero-order chi connectivity index (χ0) is 32.3. The number of ether oxygens (including phenoxy) is 2. The largest absolute Gasteiger partial charge is 0.444 e. The van der Waals surface area contributed by atoms with Crippen LogP contribution in [0.3, 0.4) is 0 Å². The van der Waals surface area contributed by atoms with E-state index in [0.29, 0.717) is 35.6 Å². The van der Waals surface area contributed by atoms with E-state index in [4.69, 9.17) is 20.2 Å². The monoisotopic (exact) mass is 623 g/mol. The van der Waals surface area contributed by atoms with E-state index in [-0.39, 0.29) is 11.7 Å². The number of nitrogens with two attached hydrogens (primary N) is 1. The van der Waals surface area contributed by atoms with Gasteiger partial charge in [-0.3, -0.25) is 9.69 Å². The molecule has 11 heteroatoms. The molecule has 240 valence electrons. The van der Waals surface area contributed by atoms with Crippen LogP contribution in [0.5, 0.6) is 0 Å². The predicted octanol–water partition coefficient (Wildman–Crippen LogP) is 4.96. The number of likely N-dealkylation sites (tertiary alicyclic amines) is 1. The van der Waals surface area contributed by atoms with Crippen molar-refractivity contribution in [3.8, 4) is 11.3 Å². The molecular weight excluding hydrogens is 582 g/mol. The zero-order valence-electron chi connectivity index (χ0n) is 26.7. The highest BCUT2D eigenvalue weighted by Crippen LogP contribution is 2.37. The molecule has 0 bridgehead atoms. The van der Waals surface area contributed by atoms with E-state index >= 15 is 0 Å². The number of hydrogen-bond donors (Lipinski definition) is 2. The van der Waals surface area contributed by atoms with Gasteiger partial charge in [0.05, 0.1) is 36.6 Å². The number of primary amides is 1. The Morgan fingerprint density at radius 2 is 1.74 bits per heavy atom. The Labute approximate surface area is 269 Å². The summed E-state index contributed by atoms with van der Waals surface area (Å²) in [7, 11) is 0. The zero-order valence-corrected chi connectivity index (χ0v) is 26.7. The number of benzene rings is 2. The molecule has 2 saturated heterocycles. The highest BCUT2D eigenvalue weighted by Gasteiger charge is 2.41. The first kappa shape index (κ1) is 31.4. The Morgan fingerprint density at radius 1 is 1.00 bits per heavy atom. The Bertz CT molecular complexity index is 1700. The maximum atomic E-state index is 13.2. The van der Waals surface area contributed by atoms with Crippen molar-refractivity contribution in [1.82, 2.24) is 24.8 Å². The molecule has 2 aromatic heterocycles. The number of amides is 2. The number of piperidine rings is 1. The van der Waals surface area contributed by atoms with E-state index < -0.39 is 17.0 Å². The summed E-state index contributed by atoms with van der Waals surface area (Å²) >= 11 is 0. The Morgan fingerprint density at radius 3 is 2.43 bits per heavy atom. The van der Waals surface area contributed by atoms with Crippen molar-refractivity contribution in [3.05, 3.63) is 83.7 Å². The molecule has 3 N–H and O–H groups in total. The van der Waals surface area contributed by atoms with E-state index in [0.717, 1.165) is 56.8 Å². The molecule has 0 radical (unpaired) electrons. The van der Waals surface area contributed by atoms with Gasteiger partial charge in [-0.05, 0) is 50.8 Å². The second kappa shape index (κ2) is 13.0.